The van der Waals surface area contributed by atoms with Crippen LogP contribution < -0.4 is 4.74 Å². The van der Waals surface area contributed by atoms with E-state index in [2.05, 4.69) is 0 Å². The molecule has 0 saturated heterocycles. The molecule has 0 aromatic heterocycles. The van der Waals surface area contributed by atoms with E-state index in [9.17, 15) is 18.5 Å². The SMILES string of the molecule is O=[N+]([O-])c1cccc(OCCCS(=O)(=O)O)c1. The van der Waals surface area contributed by atoms with Gasteiger partial charge in [0.1, 0.15) is 5.75 Å². The molecule has 7 nitrogen and oxygen atoms in total. The third-order valence-electron chi connectivity index (χ3n) is 1.84. The van der Waals surface area contributed by atoms with Gasteiger partial charge in [-0.3, -0.25) is 14.7 Å². The van der Waals surface area contributed by atoms with Gasteiger partial charge >= 0.3 is 0 Å². The Morgan fingerprint density at radius 1 is 1.41 bits per heavy atom. The molecule has 0 bridgehead atoms. The Morgan fingerprint density at radius 3 is 2.71 bits per heavy atom. The minimum absolute atomic E-state index is 0.0565. The van der Waals surface area contributed by atoms with Crippen molar-refractivity contribution < 1.29 is 22.6 Å². The van der Waals surface area contributed by atoms with Gasteiger partial charge in [0, 0.05) is 6.07 Å². The number of nitro groups is 1. The molecule has 1 rings (SSSR count). The summed E-state index contributed by atoms with van der Waals surface area (Å²) in [5.41, 5.74) is -0.0997. The summed E-state index contributed by atoms with van der Waals surface area (Å²) in [7, 11) is -3.99. The van der Waals surface area contributed by atoms with Crippen LogP contribution in [0, 0.1) is 10.1 Å². The molecular weight excluding hydrogens is 250 g/mol. The first-order valence-corrected chi connectivity index (χ1v) is 6.32. The van der Waals surface area contributed by atoms with Crippen molar-refractivity contribution in [1.29, 1.82) is 0 Å². The van der Waals surface area contributed by atoms with Gasteiger partial charge in [0.05, 0.1) is 23.3 Å². The lowest BCUT2D eigenvalue weighted by Gasteiger charge is -2.04. The normalized spacial score (nSPS) is 11.1. The van der Waals surface area contributed by atoms with Gasteiger partial charge in [0.25, 0.3) is 15.8 Å². The van der Waals surface area contributed by atoms with E-state index in [1.54, 1.807) is 0 Å². The summed E-state index contributed by atoms with van der Waals surface area (Å²) < 4.78 is 34.4. The molecular formula is C9H11NO6S. The van der Waals surface area contributed by atoms with Gasteiger partial charge in [-0.15, -0.1) is 0 Å². The van der Waals surface area contributed by atoms with Crippen molar-refractivity contribution in [3.05, 3.63) is 34.4 Å². The summed E-state index contributed by atoms with van der Waals surface area (Å²) >= 11 is 0. The second-order valence-electron chi connectivity index (χ2n) is 3.24. The monoisotopic (exact) mass is 261 g/mol. The van der Waals surface area contributed by atoms with Crippen LogP contribution in [-0.4, -0.2) is 30.3 Å². The number of hydrogen-bond acceptors (Lipinski definition) is 5. The van der Waals surface area contributed by atoms with Crippen LogP contribution in [0.4, 0.5) is 5.69 Å². The van der Waals surface area contributed by atoms with Gasteiger partial charge < -0.3 is 4.74 Å². The fourth-order valence-corrected chi connectivity index (χ4v) is 1.60. The predicted molar refractivity (Wildman–Crippen MR) is 59.6 cm³/mol. The minimum Gasteiger partial charge on any atom is -0.493 e. The van der Waals surface area contributed by atoms with Crippen LogP contribution in [0.3, 0.4) is 0 Å². The van der Waals surface area contributed by atoms with E-state index in [1.807, 2.05) is 0 Å². The van der Waals surface area contributed by atoms with Crippen LogP contribution in [-0.2, 0) is 10.1 Å². The van der Waals surface area contributed by atoms with E-state index in [0.29, 0.717) is 0 Å². The average molecular weight is 261 g/mol. The Balaban J connectivity index is 2.47. The number of benzene rings is 1. The molecule has 0 aliphatic rings. The largest absolute Gasteiger partial charge is 0.493 e. The van der Waals surface area contributed by atoms with Gasteiger partial charge in [-0.25, -0.2) is 0 Å². The molecule has 94 valence electrons. The number of hydrogen-bond donors (Lipinski definition) is 1. The van der Waals surface area contributed by atoms with Crippen molar-refractivity contribution in [2.24, 2.45) is 0 Å². The van der Waals surface area contributed by atoms with Crippen molar-refractivity contribution in [3.8, 4) is 5.75 Å². The lowest BCUT2D eigenvalue weighted by atomic mass is 10.3. The van der Waals surface area contributed by atoms with Gasteiger partial charge in [-0.2, -0.15) is 8.42 Å². The first kappa shape index (κ1) is 13.4. The highest BCUT2D eigenvalue weighted by Crippen LogP contribution is 2.19. The Morgan fingerprint density at radius 2 is 2.12 bits per heavy atom. The lowest BCUT2D eigenvalue weighted by molar-refractivity contribution is -0.384. The van der Waals surface area contributed by atoms with Crippen molar-refractivity contribution >= 4 is 15.8 Å². The van der Waals surface area contributed by atoms with E-state index < -0.39 is 20.8 Å². The molecule has 0 amide bonds. The topological polar surface area (TPSA) is 107 Å². The zero-order valence-corrected chi connectivity index (χ0v) is 9.59. The van der Waals surface area contributed by atoms with Crippen LogP contribution in [0.25, 0.3) is 0 Å². The van der Waals surface area contributed by atoms with Gasteiger partial charge in [-0.05, 0) is 12.5 Å². The molecule has 0 aliphatic heterocycles. The van der Waals surface area contributed by atoms with Gasteiger partial charge in [0.15, 0.2) is 0 Å². The molecule has 0 atom stereocenters. The predicted octanol–water partition coefficient (Wildman–Crippen LogP) is 1.25. The smallest absolute Gasteiger partial charge is 0.273 e. The Bertz CT molecular complexity index is 498. The minimum atomic E-state index is -3.99. The third kappa shape index (κ3) is 5.27. The molecule has 0 radical (unpaired) electrons. The first-order chi connectivity index (χ1) is 7.88. The van der Waals surface area contributed by atoms with Crippen LogP contribution in [0.2, 0.25) is 0 Å². The fraction of sp³-hybridized carbons (Fsp3) is 0.333. The highest BCUT2D eigenvalue weighted by atomic mass is 32.2. The summed E-state index contributed by atoms with van der Waals surface area (Å²) in [5, 5.41) is 10.5. The van der Waals surface area contributed by atoms with Gasteiger partial charge in [0.2, 0.25) is 0 Å². The first-order valence-electron chi connectivity index (χ1n) is 4.71. The number of nitro benzene ring substituents is 1. The number of ether oxygens (including phenoxy) is 1. The van der Waals surface area contributed by atoms with Crippen LogP contribution in [0.5, 0.6) is 5.75 Å². The third-order valence-corrected chi connectivity index (χ3v) is 2.65. The van der Waals surface area contributed by atoms with Crippen LogP contribution in [0.1, 0.15) is 6.42 Å². The maximum atomic E-state index is 10.5. The molecule has 0 heterocycles. The van der Waals surface area contributed by atoms with Crippen molar-refractivity contribution in [3.63, 3.8) is 0 Å². The van der Waals surface area contributed by atoms with E-state index in [4.69, 9.17) is 9.29 Å². The fourth-order valence-electron chi connectivity index (χ4n) is 1.12. The molecule has 0 unspecified atom stereocenters. The number of nitrogens with zero attached hydrogens (tertiary/aromatic N) is 1. The van der Waals surface area contributed by atoms with Crippen LogP contribution >= 0.6 is 0 Å². The zero-order chi connectivity index (χ0) is 12.9. The van der Waals surface area contributed by atoms with Crippen LogP contribution in [0.15, 0.2) is 24.3 Å². The summed E-state index contributed by atoms with van der Waals surface area (Å²) in [6.07, 6.45) is 0.113. The van der Waals surface area contributed by atoms with Gasteiger partial charge in [-0.1, -0.05) is 6.07 Å². The maximum Gasteiger partial charge on any atom is 0.273 e. The lowest BCUT2D eigenvalue weighted by Crippen LogP contribution is -2.08. The van der Waals surface area contributed by atoms with Crippen molar-refractivity contribution in [1.82, 2.24) is 0 Å². The van der Waals surface area contributed by atoms with Crippen molar-refractivity contribution in [2.75, 3.05) is 12.4 Å². The quantitative estimate of drug-likeness (QED) is 0.357. The molecule has 0 fully saturated rings. The molecule has 0 saturated carbocycles. The maximum absolute atomic E-state index is 10.5. The molecule has 1 aromatic rings. The number of non-ortho nitro benzene ring substituents is 1. The second-order valence-corrected chi connectivity index (χ2v) is 4.81. The van der Waals surface area contributed by atoms with E-state index in [1.165, 1.54) is 24.3 Å². The summed E-state index contributed by atoms with van der Waals surface area (Å²) in [4.78, 5) is 9.90. The average Bonchev–Trinajstić information content (AvgIpc) is 2.23. The zero-order valence-electron chi connectivity index (χ0n) is 8.77. The summed E-state index contributed by atoms with van der Waals surface area (Å²) in [6.45, 7) is 0.0565. The molecule has 1 N–H and O–H groups in total. The molecule has 1 aromatic carbocycles. The summed E-state index contributed by atoms with van der Waals surface area (Å²) in [5.74, 6) is -0.114. The number of rotatable bonds is 6. The summed E-state index contributed by atoms with van der Waals surface area (Å²) in [6, 6.07) is 5.56. The van der Waals surface area contributed by atoms with E-state index in [-0.39, 0.29) is 24.5 Å². The Hall–Kier alpha value is -1.67. The molecule has 8 heteroatoms. The standard InChI is InChI=1S/C9H11NO6S/c11-10(12)8-3-1-4-9(7-8)16-5-2-6-17(13,14)15/h1,3-4,7H,2,5-6H2,(H,13,14,15). The Kier molecular flexibility index (Phi) is 4.41. The molecule has 17 heavy (non-hydrogen) atoms. The Labute approximate surface area is 97.9 Å². The molecule has 0 aliphatic carbocycles. The van der Waals surface area contributed by atoms with Crippen molar-refractivity contribution in [2.45, 2.75) is 6.42 Å². The highest BCUT2D eigenvalue weighted by Gasteiger charge is 2.07. The van der Waals surface area contributed by atoms with E-state index in [0.717, 1.165) is 0 Å². The second kappa shape index (κ2) is 5.60. The van der Waals surface area contributed by atoms with E-state index >= 15 is 0 Å². The molecule has 0 spiro atoms. The highest BCUT2D eigenvalue weighted by molar-refractivity contribution is 7.85.